The number of piperazine rings is 1. The van der Waals surface area contributed by atoms with Gasteiger partial charge in [0.25, 0.3) is 0 Å². The van der Waals surface area contributed by atoms with E-state index < -0.39 is 0 Å². The lowest BCUT2D eigenvalue weighted by Gasteiger charge is -2.34. The van der Waals surface area contributed by atoms with Crippen LogP contribution in [0, 0.1) is 5.82 Å². The van der Waals surface area contributed by atoms with Gasteiger partial charge in [0, 0.05) is 37.7 Å². The first-order chi connectivity index (χ1) is 14.6. The van der Waals surface area contributed by atoms with Crippen LogP contribution in [0.15, 0.2) is 48.5 Å². The van der Waals surface area contributed by atoms with Crippen LogP contribution in [0.25, 0.3) is 5.69 Å². The van der Waals surface area contributed by atoms with E-state index in [2.05, 4.69) is 25.7 Å². The van der Waals surface area contributed by atoms with Crippen LogP contribution in [0.2, 0.25) is 5.02 Å². The van der Waals surface area contributed by atoms with E-state index >= 15 is 0 Å². The number of carbonyl (C=O) groups excluding carboxylic acids is 1. The van der Waals surface area contributed by atoms with Crippen LogP contribution in [-0.4, -0.2) is 62.2 Å². The second-order valence-electron chi connectivity index (χ2n) is 7.04. The maximum absolute atomic E-state index is 13.5. The van der Waals surface area contributed by atoms with E-state index in [-0.39, 0.29) is 11.8 Å². The highest BCUT2D eigenvalue weighted by Gasteiger charge is 2.22. The van der Waals surface area contributed by atoms with Crippen molar-refractivity contribution in [3.05, 3.63) is 70.8 Å². The van der Waals surface area contributed by atoms with Crippen molar-refractivity contribution < 1.29 is 9.18 Å². The molecule has 2 amide bonds. The quantitative estimate of drug-likeness (QED) is 0.674. The number of nitrogens with zero attached hydrogens (tertiary/aromatic N) is 6. The number of urea groups is 1. The molecule has 0 radical (unpaired) electrons. The van der Waals surface area contributed by atoms with E-state index in [0.29, 0.717) is 55.8 Å². The third kappa shape index (κ3) is 4.92. The molecule has 4 rings (SSSR count). The summed E-state index contributed by atoms with van der Waals surface area (Å²) < 4.78 is 15.1. The molecular weight excluding hydrogens is 409 g/mol. The lowest BCUT2D eigenvalue weighted by Crippen LogP contribution is -2.51. The number of aromatic nitrogens is 4. The molecule has 3 aromatic rings. The fourth-order valence-electron chi connectivity index (χ4n) is 3.31. The smallest absolute Gasteiger partial charge is 0.317 e. The summed E-state index contributed by atoms with van der Waals surface area (Å²) in [6.07, 6.45) is 0. The number of hydrogen-bond donors (Lipinski definition) is 1. The number of amides is 2. The Labute approximate surface area is 178 Å². The van der Waals surface area contributed by atoms with Crippen molar-refractivity contribution in [2.24, 2.45) is 0 Å². The largest absolute Gasteiger partial charge is 0.334 e. The predicted octanol–water partition coefficient (Wildman–Crippen LogP) is 2.48. The number of benzene rings is 2. The second kappa shape index (κ2) is 9.19. The topological polar surface area (TPSA) is 79.2 Å². The zero-order chi connectivity index (χ0) is 20.9. The summed E-state index contributed by atoms with van der Waals surface area (Å²) in [6.45, 7) is 3.58. The predicted molar refractivity (Wildman–Crippen MR) is 110 cm³/mol. The van der Waals surface area contributed by atoms with Crippen molar-refractivity contribution in [3.63, 3.8) is 0 Å². The normalized spacial score (nSPS) is 14.7. The van der Waals surface area contributed by atoms with Crippen LogP contribution < -0.4 is 5.32 Å². The average Bonchev–Trinajstić information content (AvgIpc) is 3.22. The zero-order valence-electron chi connectivity index (χ0n) is 16.2. The van der Waals surface area contributed by atoms with Crippen molar-refractivity contribution >= 4 is 17.6 Å². The number of halogens is 2. The van der Waals surface area contributed by atoms with Crippen LogP contribution in [0.5, 0.6) is 0 Å². The number of carbonyl (C=O) groups is 1. The summed E-state index contributed by atoms with van der Waals surface area (Å²) in [7, 11) is 0. The van der Waals surface area contributed by atoms with Crippen LogP contribution in [0.1, 0.15) is 11.4 Å². The fraction of sp³-hybridized carbons (Fsp3) is 0.300. The molecule has 8 nitrogen and oxygen atoms in total. The minimum Gasteiger partial charge on any atom is -0.334 e. The Bertz CT molecular complexity index is 1000. The second-order valence-corrected chi connectivity index (χ2v) is 7.47. The molecule has 0 saturated carbocycles. The molecule has 1 fully saturated rings. The van der Waals surface area contributed by atoms with E-state index in [1.165, 1.54) is 16.8 Å². The standard InChI is InChI=1S/C20H21ClFN7O/c21-16-6-4-15(5-7-16)13-23-20(30)28-10-8-27(9-11-28)14-19-24-25-26-29(19)18-3-1-2-17(22)12-18/h1-7,12H,8-11,13-14H2,(H,23,30). The molecule has 0 bridgehead atoms. The van der Waals surface area contributed by atoms with Crippen LogP contribution in [0.4, 0.5) is 9.18 Å². The number of tetrazole rings is 1. The molecule has 1 aromatic heterocycles. The van der Waals surface area contributed by atoms with Gasteiger partial charge in [0.05, 0.1) is 12.2 Å². The molecule has 2 heterocycles. The maximum atomic E-state index is 13.5. The van der Waals surface area contributed by atoms with Gasteiger partial charge in [-0.3, -0.25) is 4.90 Å². The highest BCUT2D eigenvalue weighted by Crippen LogP contribution is 2.13. The molecule has 1 aliphatic heterocycles. The van der Waals surface area contributed by atoms with Gasteiger partial charge in [0.2, 0.25) is 0 Å². The van der Waals surface area contributed by atoms with E-state index in [0.717, 1.165) is 5.56 Å². The molecule has 0 aliphatic carbocycles. The highest BCUT2D eigenvalue weighted by atomic mass is 35.5. The Morgan fingerprint density at radius 2 is 1.87 bits per heavy atom. The Morgan fingerprint density at radius 3 is 2.60 bits per heavy atom. The van der Waals surface area contributed by atoms with Crippen LogP contribution >= 0.6 is 11.6 Å². The van der Waals surface area contributed by atoms with Crippen molar-refractivity contribution in [1.82, 2.24) is 35.3 Å². The molecule has 2 aromatic carbocycles. The third-order valence-corrected chi connectivity index (χ3v) is 5.22. The minimum atomic E-state index is -0.341. The Kier molecular flexibility index (Phi) is 6.20. The zero-order valence-corrected chi connectivity index (χ0v) is 17.0. The van der Waals surface area contributed by atoms with Gasteiger partial charge in [-0.2, -0.15) is 4.68 Å². The minimum absolute atomic E-state index is 0.0887. The SMILES string of the molecule is O=C(NCc1ccc(Cl)cc1)N1CCN(Cc2nnnn2-c2cccc(F)c2)CC1. The first-order valence-corrected chi connectivity index (χ1v) is 9.99. The van der Waals surface area contributed by atoms with Gasteiger partial charge < -0.3 is 10.2 Å². The summed E-state index contributed by atoms with van der Waals surface area (Å²) >= 11 is 5.88. The molecule has 156 valence electrons. The van der Waals surface area contributed by atoms with Crippen molar-refractivity contribution in [1.29, 1.82) is 0 Å². The number of nitrogens with one attached hydrogen (secondary N) is 1. The molecule has 0 unspecified atom stereocenters. The fourth-order valence-corrected chi connectivity index (χ4v) is 3.44. The highest BCUT2D eigenvalue weighted by molar-refractivity contribution is 6.30. The van der Waals surface area contributed by atoms with E-state index in [4.69, 9.17) is 11.6 Å². The monoisotopic (exact) mass is 429 g/mol. The lowest BCUT2D eigenvalue weighted by molar-refractivity contribution is 0.133. The molecule has 1 N–H and O–H groups in total. The van der Waals surface area contributed by atoms with Crippen LogP contribution in [-0.2, 0) is 13.1 Å². The Hall–Kier alpha value is -3.04. The summed E-state index contributed by atoms with van der Waals surface area (Å²) in [4.78, 5) is 16.4. The van der Waals surface area contributed by atoms with E-state index in [1.54, 1.807) is 29.2 Å². The molecule has 1 saturated heterocycles. The molecule has 0 atom stereocenters. The molecule has 0 spiro atoms. The van der Waals surface area contributed by atoms with Gasteiger partial charge in [-0.25, -0.2) is 9.18 Å². The van der Waals surface area contributed by atoms with Gasteiger partial charge >= 0.3 is 6.03 Å². The molecule has 1 aliphatic rings. The van der Waals surface area contributed by atoms with Crippen molar-refractivity contribution in [2.75, 3.05) is 26.2 Å². The third-order valence-electron chi connectivity index (χ3n) is 4.97. The molecule has 30 heavy (non-hydrogen) atoms. The summed E-state index contributed by atoms with van der Waals surface area (Å²) in [5.41, 5.74) is 1.57. The van der Waals surface area contributed by atoms with E-state index in [1.807, 2.05) is 12.1 Å². The van der Waals surface area contributed by atoms with Gasteiger partial charge in [-0.05, 0) is 46.3 Å². The summed E-state index contributed by atoms with van der Waals surface area (Å²) in [5.74, 6) is 0.286. The first-order valence-electron chi connectivity index (χ1n) is 9.61. The molecular formula is C20H21ClFN7O. The lowest BCUT2D eigenvalue weighted by atomic mass is 10.2. The molecule has 10 heteroatoms. The summed E-state index contributed by atoms with van der Waals surface area (Å²) in [6, 6.07) is 13.5. The van der Waals surface area contributed by atoms with Crippen molar-refractivity contribution in [2.45, 2.75) is 13.1 Å². The van der Waals surface area contributed by atoms with Gasteiger partial charge in [-0.15, -0.1) is 5.10 Å². The average molecular weight is 430 g/mol. The number of rotatable bonds is 5. The van der Waals surface area contributed by atoms with Crippen molar-refractivity contribution in [3.8, 4) is 5.69 Å². The van der Waals surface area contributed by atoms with E-state index in [9.17, 15) is 9.18 Å². The van der Waals surface area contributed by atoms with Gasteiger partial charge in [0.1, 0.15) is 5.82 Å². The summed E-state index contributed by atoms with van der Waals surface area (Å²) in [5, 5.41) is 15.4. The maximum Gasteiger partial charge on any atom is 0.317 e. The number of hydrogen-bond acceptors (Lipinski definition) is 5. The first kappa shape index (κ1) is 20.2. The van der Waals surface area contributed by atoms with Crippen LogP contribution in [0.3, 0.4) is 0 Å². The van der Waals surface area contributed by atoms with Gasteiger partial charge in [-0.1, -0.05) is 29.8 Å². The Morgan fingerprint density at radius 1 is 1.10 bits per heavy atom. The Balaban J connectivity index is 1.28. The van der Waals surface area contributed by atoms with Gasteiger partial charge in [0.15, 0.2) is 5.82 Å².